The molecule has 1 aromatic rings. The molecule has 1 aromatic heterocycles. The van der Waals surface area contributed by atoms with Gasteiger partial charge in [-0.3, -0.25) is 9.78 Å². The number of carbonyl (C=O) groups is 2. The molecule has 2 heterocycles. The van der Waals surface area contributed by atoms with Gasteiger partial charge in [-0.15, -0.1) is 0 Å². The van der Waals surface area contributed by atoms with Crippen LogP contribution in [0.3, 0.4) is 0 Å². The minimum atomic E-state index is -1.08. The summed E-state index contributed by atoms with van der Waals surface area (Å²) in [7, 11) is 0. The van der Waals surface area contributed by atoms with E-state index >= 15 is 0 Å². The van der Waals surface area contributed by atoms with Gasteiger partial charge in [-0.25, -0.2) is 4.79 Å². The second-order valence-electron chi connectivity index (χ2n) is 5.13. The van der Waals surface area contributed by atoms with Crippen molar-refractivity contribution in [3.8, 4) is 0 Å². The fraction of sp³-hybridized carbons (Fsp3) is 0.400. The first-order valence-corrected chi connectivity index (χ1v) is 6.82. The maximum Gasteiger partial charge on any atom is 0.328 e. The Morgan fingerprint density at radius 1 is 1.52 bits per heavy atom. The number of likely N-dealkylation sites (tertiary alicyclic amines) is 1. The molecule has 0 saturated carbocycles. The number of carboxylic acids is 1. The molecule has 2 N–H and O–H groups in total. The van der Waals surface area contributed by atoms with Gasteiger partial charge in [-0.2, -0.15) is 0 Å². The number of pyridine rings is 1. The predicted molar refractivity (Wildman–Crippen MR) is 76.6 cm³/mol. The first kappa shape index (κ1) is 15.2. The first-order chi connectivity index (χ1) is 10.0. The van der Waals surface area contributed by atoms with Crippen molar-refractivity contribution >= 4 is 18.0 Å². The van der Waals surface area contributed by atoms with E-state index in [1.165, 1.54) is 12.3 Å². The van der Waals surface area contributed by atoms with Crippen molar-refractivity contribution in [1.82, 2.24) is 9.88 Å². The summed E-state index contributed by atoms with van der Waals surface area (Å²) in [6.45, 7) is 2.49. The standard InChI is InChI=1S/C15H18N2O4/c1-10-6-8-17(12(10)9-18)15(21)14-11(3-2-7-16-14)4-5-13(19)20/h2-5,7,10,12,18H,6,8-9H2,1H3,(H,19,20)/b5-4+. The van der Waals surface area contributed by atoms with Crippen molar-refractivity contribution in [3.63, 3.8) is 0 Å². The lowest BCUT2D eigenvalue weighted by Gasteiger charge is -2.25. The predicted octanol–water partition coefficient (Wildman–Crippen LogP) is 1.02. The maximum absolute atomic E-state index is 12.6. The Bertz CT molecular complexity index is 571. The number of hydrogen-bond donors (Lipinski definition) is 2. The average Bonchev–Trinajstić information content (AvgIpc) is 2.85. The largest absolute Gasteiger partial charge is 0.478 e. The summed E-state index contributed by atoms with van der Waals surface area (Å²) in [6, 6.07) is 3.08. The van der Waals surface area contributed by atoms with Crippen LogP contribution in [0.4, 0.5) is 0 Å². The molecule has 0 spiro atoms. The van der Waals surface area contributed by atoms with Gasteiger partial charge in [0.05, 0.1) is 12.6 Å². The molecular formula is C15H18N2O4. The highest BCUT2D eigenvalue weighted by Crippen LogP contribution is 2.25. The highest BCUT2D eigenvalue weighted by Gasteiger charge is 2.35. The van der Waals surface area contributed by atoms with Gasteiger partial charge in [-0.05, 0) is 24.5 Å². The Kier molecular flexibility index (Phi) is 4.70. The minimum Gasteiger partial charge on any atom is -0.478 e. The third-order valence-corrected chi connectivity index (χ3v) is 3.78. The molecule has 1 aliphatic heterocycles. The van der Waals surface area contributed by atoms with Crippen LogP contribution in [0.1, 0.15) is 29.4 Å². The van der Waals surface area contributed by atoms with Crippen LogP contribution in [0.2, 0.25) is 0 Å². The van der Waals surface area contributed by atoms with Gasteiger partial charge in [0.1, 0.15) is 5.69 Å². The molecule has 1 aliphatic rings. The molecule has 1 saturated heterocycles. The monoisotopic (exact) mass is 290 g/mol. The van der Waals surface area contributed by atoms with E-state index in [1.54, 1.807) is 17.0 Å². The smallest absolute Gasteiger partial charge is 0.328 e. The molecule has 0 radical (unpaired) electrons. The quantitative estimate of drug-likeness (QED) is 0.808. The van der Waals surface area contributed by atoms with E-state index in [0.29, 0.717) is 12.1 Å². The summed E-state index contributed by atoms with van der Waals surface area (Å²) < 4.78 is 0. The number of aromatic nitrogens is 1. The number of aliphatic hydroxyl groups is 1. The molecule has 6 nitrogen and oxygen atoms in total. The van der Waals surface area contributed by atoms with Crippen LogP contribution in [-0.4, -0.2) is 51.2 Å². The highest BCUT2D eigenvalue weighted by atomic mass is 16.4. The van der Waals surface area contributed by atoms with Gasteiger partial charge in [0, 0.05) is 24.4 Å². The molecule has 2 unspecified atom stereocenters. The van der Waals surface area contributed by atoms with Crippen molar-refractivity contribution in [1.29, 1.82) is 0 Å². The van der Waals surface area contributed by atoms with Crippen molar-refractivity contribution in [2.45, 2.75) is 19.4 Å². The lowest BCUT2D eigenvalue weighted by molar-refractivity contribution is -0.131. The van der Waals surface area contributed by atoms with Crippen LogP contribution in [0.5, 0.6) is 0 Å². The summed E-state index contributed by atoms with van der Waals surface area (Å²) in [4.78, 5) is 28.9. The Balaban J connectivity index is 2.29. The number of carbonyl (C=O) groups excluding carboxylic acids is 1. The molecule has 0 bridgehead atoms. The van der Waals surface area contributed by atoms with Crippen molar-refractivity contribution < 1.29 is 19.8 Å². The topological polar surface area (TPSA) is 90.7 Å². The van der Waals surface area contributed by atoms with Gasteiger partial charge >= 0.3 is 5.97 Å². The van der Waals surface area contributed by atoms with Crippen molar-refractivity contribution in [2.24, 2.45) is 5.92 Å². The van der Waals surface area contributed by atoms with Gasteiger partial charge in [0.25, 0.3) is 5.91 Å². The zero-order valence-corrected chi connectivity index (χ0v) is 11.8. The normalized spacial score (nSPS) is 21.9. The molecule has 1 fully saturated rings. The maximum atomic E-state index is 12.6. The number of aliphatic carboxylic acids is 1. The van der Waals surface area contributed by atoms with Gasteiger partial charge in [0.2, 0.25) is 0 Å². The third-order valence-electron chi connectivity index (χ3n) is 3.78. The zero-order chi connectivity index (χ0) is 15.4. The number of rotatable bonds is 4. The van der Waals surface area contributed by atoms with Gasteiger partial charge in [-0.1, -0.05) is 13.0 Å². The molecular weight excluding hydrogens is 272 g/mol. The minimum absolute atomic E-state index is 0.0833. The molecule has 21 heavy (non-hydrogen) atoms. The first-order valence-electron chi connectivity index (χ1n) is 6.82. The van der Waals surface area contributed by atoms with Crippen LogP contribution in [0.25, 0.3) is 6.08 Å². The van der Waals surface area contributed by atoms with E-state index in [1.807, 2.05) is 6.92 Å². The van der Waals surface area contributed by atoms with Crippen LogP contribution < -0.4 is 0 Å². The average molecular weight is 290 g/mol. The number of hydrogen-bond acceptors (Lipinski definition) is 4. The molecule has 2 rings (SSSR count). The van der Waals surface area contributed by atoms with Crippen molar-refractivity contribution in [2.75, 3.05) is 13.2 Å². The SMILES string of the molecule is CC1CCN(C(=O)c2ncccc2/C=C/C(=O)O)C1CO. The summed E-state index contributed by atoms with van der Waals surface area (Å²) in [5.74, 6) is -1.12. The van der Waals surface area contributed by atoms with E-state index in [0.717, 1.165) is 12.5 Å². The van der Waals surface area contributed by atoms with E-state index < -0.39 is 5.97 Å². The van der Waals surface area contributed by atoms with Crippen LogP contribution in [0, 0.1) is 5.92 Å². The van der Waals surface area contributed by atoms with Crippen LogP contribution in [-0.2, 0) is 4.79 Å². The summed E-state index contributed by atoms with van der Waals surface area (Å²) in [5.41, 5.74) is 0.670. The molecule has 2 atom stereocenters. The second-order valence-corrected chi connectivity index (χ2v) is 5.13. The number of amides is 1. The zero-order valence-electron chi connectivity index (χ0n) is 11.8. The van der Waals surface area contributed by atoms with Gasteiger partial charge in [0.15, 0.2) is 0 Å². The number of carboxylic acid groups (broad SMARTS) is 1. The molecule has 6 heteroatoms. The Morgan fingerprint density at radius 2 is 2.29 bits per heavy atom. The number of aliphatic hydroxyl groups excluding tert-OH is 1. The van der Waals surface area contributed by atoms with E-state index in [4.69, 9.17) is 5.11 Å². The summed E-state index contributed by atoms with van der Waals surface area (Å²) >= 11 is 0. The van der Waals surface area contributed by atoms with E-state index in [-0.39, 0.29) is 30.2 Å². The fourth-order valence-corrected chi connectivity index (χ4v) is 2.57. The van der Waals surface area contributed by atoms with E-state index in [9.17, 15) is 14.7 Å². The fourth-order valence-electron chi connectivity index (χ4n) is 2.57. The Hall–Kier alpha value is -2.21. The molecule has 1 amide bonds. The second kappa shape index (κ2) is 6.49. The Morgan fingerprint density at radius 3 is 2.95 bits per heavy atom. The Labute approximate surface area is 122 Å². The number of nitrogens with zero attached hydrogens (tertiary/aromatic N) is 2. The summed E-state index contributed by atoms with van der Waals surface area (Å²) in [6.07, 6.45) is 4.67. The lowest BCUT2D eigenvalue weighted by atomic mass is 10.0. The summed E-state index contributed by atoms with van der Waals surface area (Å²) in [5, 5.41) is 18.1. The van der Waals surface area contributed by atoms with Crippen LogP contribution in [0.15, 0.2) is 24.4 Å². The van der Waals surface area contributed by atoms with Crippen molar-refractivity contribution in [3.05, 3.63) is 35.7 Å². The van der Waals surface area contributed by atoms with Crippen LogP contribution >= 0.6 is 0 Å². The highest BCUT2D eigenvalue weighted by molar-refractivity contribution is 5.97. The molecule has 112 valence electrons. The van der Waals surface area contributed by atoms with E-state index in [2.05, 4.69) is 4.98 Å². The third kappa shape index (κ3) is 3.28. The van der Waals surface area contributed by atoms with Gasteiger partial charge < -0.3 is 15.1 Å². The lowest BCUT2D eigenvalue weighted by Crippen LogP contribution is -2.40. The molecule has 0 aromatic carbocycles. The molecule has 0 aliphatic carbocycles.